The van der Waals surface area contributed by atoms with E-state index >= 15 is 0 Å². The van der Waals surface area contributed by atoms with Crippen LogP contribution in [-0.4, -0.2) is 15.0 Å². The highest BCUT2D eigenvalue weighted by molar-refractivity contribution is 5.82. The molecule has 0 aliphatic carbocycles. The molecule has 0 aliphatic rings. The molecule has 3 aromatic heterocycles. The number of fused-ring (bicyclic) bond motifs is 3. The molecule has 0 spiro atoms. The maximum Gasteiger partial charge on any atom is 0.0707 e. The summed E-state index contributed by atoms with van der Waals surface area (Å²) in [6.45, 7) is 8.29. The van der Waals surface area contributed by atoms with Crippen molar-refractivity contribution in [3.63, 3.8) is 0 Å². The van der Waals surface area contributed by atoms with E-state index in [9.17, 15) is 0 Å². The first kappa shape index (κ1) is 23.1. The SMILES string of the molecule is Cc1cc(C)c2ccccc2n1.Cc1ccc2ncccc2c1.Cc1cnc2ccccc2c1. The predicted molar refractivity (Wildman–Crippen MR) is 144 cm³/mol. The van der Waals surface area contributed by atoms with Crippen LogP contribution in [0.15, 0.2) is 103 Å². The highest BCUT2D eigenvalue weighted by Crippen LogP contribution is 2.16. The molecule has 0 radical (unpaired) electrons. The number of nitrogens with zero attached hydrogens (tertiary/aromatic N) is 3. The zero-order chi connectivity index (χ0) is 23.9. The van der Waals surface area contributed by atoms with Crippen LogP contribution in [0, 0.1) is 27.7 Å². The van der Waals surface area contributed by atoms with Crippen molar-refractivity contribution in [3.8, 4) is 0 Å². The molecule has 0 aliphatic heterocycles. The lowest BCUT2D eigenvalue weighted by Gasteiger charge is -2.01. The number of pyridine rings is 3. The average molecular weight is 444 g/mol. The van der Waals surface area contributed by atoms with Gasteiger partial charge in [0.25, 0.3) is 0 Å². The lowest BCUT2D eigenvalue weighted by atomic mass is 10.1. The smallest absolute Gasteiger partial charge is 0.0707 e. The van der Waals surface area contributed by atoms with Gasteiger partial charge in [-0.1, -0.05) is 54.1 Å². The van der Waals surface area contributed by atoms with Gasteiger partial charge in [-0.3, -0.25) is 15.0 Å². The summed E-state index contributed by atoms with van der Waals surface area (Å²) in [5.74, 6) is 0. The van der Waals surface area contributed by atoms with E-state index in [0.29, 0.717) is 0 Å². The van der Waals surface area contributed by atoms with Crippen LogP contribution in [0.1, 0.15) is 22.4 Å². The number of para-hydroxylation sites is 2. The first-order valence-electron chi connectivity index (χ1n) is 11.5. The average Bonchev–Trinajstić information content (AvgIpc) is 2.84. The molecule has 6 aromatic rings. The summed E-state index contributed by atoms with van der Waals surface area (Å²) in [6, 6.07) is 30.9. The van der Waals surface area contributed by atoms with Crippen LogP contribution in [0.2, 0.25) is 0 Å². The summed E-state index contributed by atoms with van der Waals surface area (Å²) >= 11 is 0. The van der Waals surface area contributed by atoms with Gasteiger partial charge in [0.15, 0.2) is 0 Å². The van der Waals surface area contributed by atoms with Crippen molar-refractivity contribution in [1.29, 1.82) is 0 Å². The number of aryl methyl sites for hydroxylation is 4. The summed E-state index contributed by atoms with van der Waals surface area (Å²) in [5.41, 5.74) is 8.12. The molecule has 6 rings (SSSR count). The van der Waals surface area contributed by atoms with E-state index in [1.807, 2.05) is 61.8 Å². The molecule has 0 amide bonds. The second-order valence-electron chi connectivity index (χ2n) is 8.50. The van der Waals surface area contributed by atoms with Crippen LogP contribution in [0.25, 0.3) is 32.7 Å². The molecule has 3 nitrogen and oxygen atoms in total. The van der Waals surface area contributed by atoms with E-state index in [4.69, 9.17) is 0 Å². The number of hydrogen-bond acceptors (Lipinski definition) is 3. The summed E-state index contributed by atoms with van der Waals surface area (Å²) in [5, 5.41) is 3.68. The van der Waals surface area contributed by atoms with Crippen LogP contribution >= 0.6 is 0 Å². The Kier molecular flexibility index (Phi) is 7.24. The quantitative estimate of drug-likeness (QED) is 0.239. The highest BCUT2D eigenvalue weighted by Gasteiger charge is 1.97. The number of hydrogen-bond donors (Lipinski definition) is 0. The number of rotatable bonds is 0. The molecule has 0 unspecified atom stereocenters. The van der Waals surface area contributed by atoms with Crippen LogP contribution in [0.3, 0.4) is 0 Å². The van der Waals surface area contributed by atoms with Crippen LogP contribution in [-0.2, 0) is 0 Å². The molecule has 34 heavy (non-hydrogen) atoms. The minimum atomic E-state index is 1.07. The van der Waals surface area contributed by atoms with Crippen molar-refractivity contribution in [2.75, 3.05) is 0 Å². The van der Waals surface area contributed by atoms with Crippen molar-refractivity contribution in [2.24, 2.45) is 0 Å². The molecular formula is C31H29N3. The van der Waals surface area contributed by atoms with Crippen molar-refractivity contribution >= 4 is 32.7 Å². The van der Waals surface area contributed by atoms with Gasteiger partial charge in [0.1, 0.15) is 0 Å². The third-order valence-corrected chi connectivity index (χ3v) is 5.54. The van der Waals surface area contributed by atoms with E-state index in [-0.39, 0.29) is 0 Å². The zero-order valence-corrected chi connectivity index (χ0v) is 20.2. The number of benzene rings is 3. The third-order valence-electron chi connectivity index (χ3n) is 5.54. The van der Waals surface area contributed by atoms with Crippen molar-refractivity contribution in [3.05, 3.63) is 126 Å². The van der Waals surface area contributed by atoms with Crippen LogP contribution in [0.4, 0.5) is 0 Å². The first-order valence-corrected chi connectivity index (χ1v) is 11.5. The minimum Gasteiger partial charge on any atom is -0.256 e. The van der Waals surface area contributed by atoms with Crippen molar-refractivity contribution in [1.82, 2.24) is 15.0 Å². The van der Waals surface area contributed by atoms with Gasteiger partial charge in [0.05, 0.1) is 16.6 Å². The van der Waals surface area contributed by atoms with E-state index in [1.54, 1.807) is 0 Å². The maximum atomic E-state index is 4.44. The van der Waals surface area contributed by atoms with Gasteiger partial charge in [0, 0.05) is 34.2 Å². The zero-order valence-electron chi connectivity index (χ0n) is 20.2. The summed E-state index contributed by atoms with van der Waals surface area (Å²) in [7, 11) is 0. The minimum absolute atomic E-state index is 1.07. The highest BCUT2D eigenvalue weighted by atomic mass is 14.7. The third kappa shape index (κ3) is 5.81. The van der Waals surface area contributed by atoms with E-state index in [2.05, 4.69) is 84.3 Å². The molecule has 0 fully saturated rings. The Bertz CT molecular complexity index is 1480. The summed E-state index contributed by atoms with van der Waals surface area (Å²) < 4.78 is 0. The summed E-state index contributed by atoms with van der Waals surface area (Å²) in [6.07, 6.45) is 3.71. The first-order chi connectivity index (χ1) is 16.5. The second kappa shape index (κ2) is 10.7. The molecular weight excluding hydrogens is 414 g/mol. The van der Waals surface area contributed by atoms with E-state index in [1.165, 1.54) is 32.8 Å². The normalized spacial score (nSPS) is 10.4. The fourth-order valence-corrected chi connectivity index (χ4v) is 3.89. The van der Waals surface area contributed by atoms with Crippen LogP contribution in [0.5, 0.6) is 0 Å². The van der Waals surface area contributed by atoms with Gasteiger partial charge in [0.2, 0.25) is 0 Å². The Hall–Kier alpha value is -4.11. The molecule has 0 saturated carbocycles. The fraction of sp³-hybridized carbons (Fsp3) is 0.129. The van der Waals surface area contributed by atoms with Crippen LogP contribution < -0.4 is 0 Å². The van der Waals surface area contributed by atoms with Gasteiger partial charge in [-0.2, -0.15) is 0 Å². The van der Waals surface area contributed by atoms with Gasteiger partial charge < -0.3 is 0 Å². The molecule has 3 heterocycles. The molecule has 3 aromatic carbocycles. The Balaban J connectivity index is 0.000000121. The molecule has 0 bridgehead atoms. The molecule has 0 N–H and O–H groups in total. The topological polar surface area (TPSA) is 38.7 Å². The van der Waals surface area contributed by atoms with E-state index < -0.39 is 0 Å². The van der Waals surface area contributed by atoms with Gasteiger partial charge in [-0.15, -0.1) is 0 Å². The standard InChI is InChI=1S/C11H11N.2C10H9N/c1-8-7-9(2)12-11-6-4-3-5-10(8)11;1-8-4-5-10-9(7-8)3-2-6-11-10;1-8-6-9-4-2-3-5-10(9)11-7-8/h3-7H,1-2H3;2*2-7H,1H3. The summed E-state index contributed by atoms with van der Waals surface area (Å²) in [4.78, 5) is 12.9. The molecule has 168 valence electrons. The fourth-order valence-electron chi connectivity index (χ4n) is 3.89. The lowest BCUT2D eigenvalue weighted by Crippen LogP contribution is -1.85. The van der Waals surface area contributed by atoms with Gasteiger partial charge in [-0.05, 0) is 81.3 Å². The predicted octanol–water partition coefficient (Wildman–Crippen LogP) is 7.94. The van der Waals surface area contributed by atoms with Gasteiger partial charge >= 0.3 is 0 Å². The Morgan fingerprint density at radius 3 is 2.00 bits per heavy atom. The lowest BCUT2D eigenvalue weighted by molar-refractivity contribution is 1.23. The molecule has 3 heteroatoms. The monoisotopic (exact) mass is 443 g/mol. The number of aromatic nitrogens is 3. The Labute approximate surface area is 201 Å². The Morgan fingerprint density at radius 1 is 0.529 bits per heavy atom. The van der Waals surface area contributed by atoms with Crippen molar-refractivity contribution < 1.29 is 0 Å². The van der Waals surface area contributed by atoms with Crippen molar-refractivity contribution in [2.45, 2.75) is 27.7 Å². The van der Waals surface area contributed by atoms with Gasteiger partial charge in [-0.25, -0.2) is 0 Å². The molecule has 0 atom stereocenters. The second-order valence-corrected chi connectivity index (χ2v) is 8.50. The molecule has 0 saturated heterocycles. The Morgan fingerprint density at radius 2 is 1.18 bits per heavy atom. The largest absolute Gasteiger partial charge is 0.256 e. The van der Waals surface area contributed by atoms with E-state index in [0.717, 1.165) is 22.2 Å². The maximum absolute atomic E-state index is 4.44.